The zero-order valence-electron chi connectivity index (χ0n) is 10.6. The fourth-order valence-electron chi connectivity index (χ4n) is 2.86. The van der Waals surface area contributed by atoms with Crippen LogP contribution in [0.4, 0.5) is 0 Å². The first-order valence-corrected chi connectivity index (χ1v) is 6.76. The van der Waals surface area contributed by atoms with Gasteiger partial charge in [0.15, 0.2) is 0 Å². The lowest BCUT2D eigenvalue weighted by atomic mass is 9.78. The van der Waals surface area contributed by atoms with Gasteiger partial charge in [-0.3, -0.25) is 9.59 Å². The monoisotopic (exact) mass is 255 g/mol. The van der Waals surface area contributed by atoms with E-state index >= 15 is 0 Å². The summed E-state index contributed by atoms with van der Waals surface area (Å²) in [7, 11) is 0. The summed E-state index contributed by atoms with van der Waals surface area (Å²) in [5, 5.41) is 12.0. The predicted molar refractivity (Wildman–Crippen MR) is 65.0 cm³/mol. The van der Waals surface area contributed by atoms with E-state index in [1.54, 1.807) is 0 Å². The highest BCUT2D eigenvalue weighted by Gasteiger charge is 2.35. The Hall–Kier alpha value is -1.10. The second kappa shape index (κ2) is 6.18. The number of nitrogens with one attached hydrogen (secondary N) is 1. The van der Waals surface area contributed by atoms with Gasteiger partial charge in [0.05, 0.1) is 18.4 Å². The molecule has 2 rings (SSSR count). The maximum Gasteiger partial charge on any atom is 0.307 e. The Morgan fingerprint density at radius 3 is 2.50 bits per heavy atom. The highest BCUT2D eigenvalue weighted by atomic mass is 16.5. The average molecular weight is 255 g/mol. The van der Waals surface area contributed by atoms with Gasteiger partial charge in [0.2, 0.25) is 5.91 Å². The number of carboxylic acids is 1. The van der Waals surface area contributed by atoms with Crippen LogP contribution in [-0.4, -0.2) is 36.7 Å². The second-order valence-electron chi connectivity index (χ2n) is 5.31. The quantitative estimate of drug-likeness (QED) is 0.786. The molecule has 3 atom stereocenters. The molecule has 2 aliphatic rings. The Morgan fingerprint density at radius 2 is 1.89 bits per heavy atom. The van der Waals surface area contributed by atoms with Crippen molar-refractivity contribution in [2.45, 2.75) is 32.1 Å². The molecule has 18 heavy (non-hydrogen) atoms. The first-order valence-electron chi connectivity index (χ1n) is 6.76. The van der Waals surface area contributed by atoms with Gasteiger partial charge in [0, 0.05) is 19.1 Å². The number of hydrogen-bond donors (Lipinski definition) is 2. The molecule has 1 saturated carbocycles. The minimum atomic E-state index is -0.834. The number of amides is 1. The van der Waals surface area contributed by atoms with E-state index in [1.807, 2.05) is 0 Å². The van der Waals surface area contributed by atoms with Crippen molar-refractivity contribution in [3.05, 3.63) is 0 Å². The highest BCUT2D eigenvalue weighted by molar-refractivity contribution is 5.84. The molecular weight excluding hydrogens is 234 g/mol. The molecule has 0 aromatic heterocycles. The summed E-state index contributed by atoms with van der Waals surface area (Å²) < 4.78 is 5.25. The fraction of sp³-hybridized carbons (Fsp3) is 0.846. The van der Waals surface area contributed by atoms with E-state index in [0.29, 0.717) is 31.9 Å². The molecule has 1 heterocycles. The van der Waals surface area contributed by atoms with Crippen molar-refractivity contribution in [3.8, 4) is 0 Å². The fourth-order valence-corrected chi connectivity index (χ4v) is 2.86. The van der Waals surface area contributed by atoms with Crippen LogP contribution in [0.15, 0.2) is 0 Å². The van der Waals surface area contributed by atoms with Gasteiger partial charge < -0.3 is 15.2 Å². The molecule has 1 saturated heterocycles. The van der Waals surface area contributed by atoms with Gasteiger partial charge >= 0.3 is 5.97 Å². The van der Waals surface area contributed by atoms with Gasteiger partial charge in [-0.2, -0.15) is 0 Å². The van der Waals surface area contributed by atoms with Crippen LogP contribution in [0.3, 0.4) is 0 Å². The number of aliphatic carboxylic acids is 1. The summed E-state index contributed by atoms with van der Waals surface area (Å²) in [6.07, 6.45) is 4.17. The van der Waals surface area contributed by atoms with E-state index in [9.17, 15) is 9.59 Å². The number of carbonyl (C=O) groups is 2. The average Bonchev–Trinajstić information content (AvgIpc) is 2.89. The standard InChI is InChI=1S/C13H21NO4/c15-12(14-7-9-5-6-18-8-9)10-3-1-2-4-11(10)13(16)17/h9-11H,1-8H2,(H,14,15)(H,16,17)/t9?,10-,11+/m1/s1. The number of carboxylic acid groups (broad SMARTS) is 1. The number of ether oxygens (including phenoxy) is 1. The van der Waals surface area contributed by atoms with E-state index in [2.05, 4.69) is 5.32 Å². The molecule has 0 radical (unpaired) electrons. The van der Waals surface area contributed by atoms with Gasteiger partial charge in [0.1, 0.15) is 0 Å². The Kier molecular flexibility index (Phi) is 4.58. The molecular formula is C13H21NO4. The molecule has 5 nitrogen and oxygen atoms in total. The lowest BCUT2D eigenvalue weighted by molar-refractivity contribution is -0.148. The predicted octanol–water partition coefficient (Wildman–Crippen LogP) is 1.03. The Balaban J connectivity index is 1.83. The third-order valence-corrected chi connectivity index (χ3v) is 4.01. The number of hydrogen-bond acceptors (Lipinski definition) is 3. The topological polar surface area (TPSA) is 75.6 Å². The smallest absolute Gasteiger partial charge is 0.307 e. The van der Waals surface area contributed by atoms with Crippen LogP contribution >= 0.6 is 0 Å². The Morgan fingerprint density at radius 1 is 1.17 bits per heavy atom. The molecule has 5 heteroatoms. The first kappa shape index (κ1) is 13.3. The lowest BCUT2D eigenvalue weighted by Crippen LogP contribution is -2.41. The van der Waals surface area contributed by atoms with Gasteiger partial charge in [-0.05, 0) is 19.3 Å². The molecule has 2 fully saturated rings. The van der Waals surface area contributed by atoms with Crippen molar-refractivity contribution in [3.63, 3.8) is 0 Å². The van der Waals surface area contributed by atoms with Gasteiger partial charge in [0.25, 0.3) is 0 Å². The van der Waals surface area contributed by atoms with Crippen LogP contribution < -0.4 is 5.32 Å². The Bertz CT molecular complexity index is 312. The summed E-state index contributed by atoms with van der Waals surface area (Å²) in [5.74, 6) is -1.38. The van der Waals surface area contributed by atoms with Crippen LogP contribution in [0.25, 0.3) is 0 Å². The molecule has 2 N–H and O–H groups in total. The van der Waals surface area contributed by atoms with Crippen molar-refractivity contribution < 1.29 is 19.4 Å². The van der Waals surface area contributed by atoms with Crippen molar-refractivity contribution >= 4 is 11.9 Å². The molecule has 1 aliphatic heterocycles. The zero-order chi connectivity index (χ0) is 13.0. The van der Waals surface area contributed by atoms with Gasteiger partial charge in [-0.1, -0.05) is 12.8 Å². The van der Waals surface area contributed by atoms with Crippen LogP contribution in [0.5, 0.6) is 0 Å². The van der Waals surface area contributed by atoms with Crippen LogP contribution in [0.2, 0.25) is 0 Å². The van der Waals surface area contributed by atoms with Crippen LogP contribution in [-0.2, 0) is 14.3 Å². The van der Waals surface area contributed by atoms with Crippen LogP contribution in [0.1, 0.15) is 32.1 Å². The third-order valence-electron chi connectivity index (χ3n) is 4.01. The highest BCUT2D eigenvalue weighted by Crippen LogP contribution is 2.30. The second-order valence-corrected chi connectivity index (χ2v) is 5.31. The third kappa shape index (κ3) is 3.22. The molecule has 102 valence electrons. The maximum absolute atomic E-state index is 12.1. The molecule has 1 aliphatic carbocycles. The van der Waals surface area contributed by atoms with Gasteiger partial charge in [-0.25, -0.2) is 0 Å². The lowest BCUT2D eigenvalue weighted by Gasteiger charge is -2.27. The number of carbonyl (C=O) groups excluding carboxylic acids is 1. The molecule has 1 amide bonds. The van der Waals surface area contributed by atoms with E-state index in [1.165, 1.54) is 0 Å². The minimum absolute atomic E-state index is 0.0889. The van der Waals surface area contributed by atoms with Crippen molar-refractivity contribution in [1.82, 2.24) is 5.32 Å². The first-order chi connectivity index (χ1) is 8.68. The molecule has 1 unspecified atom stereocenters. The largest absolute Gasteiger partial charge is 0.481 e. The van der Waals surface area contributed by atoms with E-state index in [4.69, 9.17) is 9.84 Å². The maximum atomic E-state index is 12.1. The molecule has 0 aromatic carbocycles. The normalized spacial score (nSPS) is 32.1. The molecule has 0 aromatic rings. The molecule has 0 spiro atoms. The van der Waals surface area contributed by atoms with Crippen molar-refractivity contribution in [2.75, 3.05) is 19.8 Å². The summed E-state index contributed by atoms with van der Waals surface area (Å²) >= 11 is 0. The Labute approximate surface area is 107 Å². The number of rotatable bonds is 4. The minimum Gasteiger partial charge on any atom is -0.481 e. The summed E-state index contributed by atoms with van der Waals surface area (Å²) in [5.41, 5.74) is 0. The summed E-state index contributed by atoms with van der Waals surface area (Å²) in [6, 6.07) is 0. The van der Waals surface area contributed by atoms with Crippen molar-refractivity contribution in [1.29, 1.82) is 0 Å². The SMILES string of the molecule is O=C(O)[C@H]1CCCC[C@H]1C(=O)NCC1CCOC1. The van der Waals surface area contributed by atoms with E-state index in [-0.39, 0.29) is 11.8 Å². The van der Waals surface area contributed by atoms with Crippen molar-refractivity contribution in [2.24, 2.45) is 17.8 Å². The van der Waals surface area contributed by atoms with E-state index in [0.717, 1.165) is 25.9 Å². The molecule has 0 bridgehead atoms. The summed E-state index contributed by atoms with van der Waals surface area (Å²) in [4.78, 5) is 23.2. The van der Waals surface area contributed by atoms with E-state index < -0.39 is 11.9 Å². The zero-order valence-corrected chi connectivity index (χ0v) is 10.6. The summed E-state index contributed by atoms with van der Waals surface area (Å²) in [6.45, 7) is 2.08. The van der Waals surface area contributed by atoms with Crippen LogP contribution in [0, 0.1) is 17.8 Å². The van der Waals surface area contributed by atoms with Gasteiger partial charge in [-0.15, -0.1) is 0 Å².